The second-order valence-electron chi connectivity index (χ2n) is 4.56. The highest BCUT2D eigenvalue weighted by atomic mass is 35.5. The first kappa shape index (κ1) is 12.4. The van der Waals surface area contributed by atoms with Crippen molar-refractivity contribution in [2.45, 2.75) is 25.8 Å². The summed E-state index contributed by atoms with van der Waals surface area (Å²) in [5.41, 5.74) is 0.699. The minimum absolute atomic E-state index is 0.00577. The fourth-order valence-electron chi connectivity index (χ4n) is 2.25. The van der Waals surface area contributed by atoms with Gasteiger partial charge in [-0.3, -0.25) is 4.79 Å². The Hall–Kier alpha value is -1.06. The standard InChI is InChI=1S/C13H17ClN2O/c1-10(16-8-4-5-9-16)13(17)15-12-7-3-2-6-11(12)14/h2-3,6-7,10H,4-5,8-9H2,1H3,(H,15,17)/p+1/t10-/m0/s1. The van der Waals surface area contributed by atoms with Gasteiger partial charge in [0.05, 0.1) is 23.8 Å². The minimum Gasteiger partial charge on any atom is -0.325 e. The number of anilines is 1. The molecule has 1 saturated heterocycles. The molecule has 1 heterocycles. The molecule has 1 aromatic carbocycles. The Bertz CT molecular complexity index is 402. The van der Waals surface area contributed by atoms with Crippen LogP contribution in [0.5, 0.6) is 0 Å². The fourth-order valence-corrected chi connectivity index (χ4v) is 2.43. The maximum absolute atomic E-state index is 12.1. The number of nitrogens with one attached hydrogen (secondary N) is 2. The number of hydrogen-bond acceptors (Lipinski definition) is 1. The van der Waals surface area contributed by atoms with Crippen LogP contribution in [0.4, 0.5) is 5.69 Å². The summed E-state index contributed by atoms with van der Waals surface area (Å²) in [7, 11) is 0. The van der Waals surface area contributed by atoms with Crippen molar-refractivity contribution in [2.24, 2.45) is 0 Å². The smallest absolute Gasteiger partial charge is 0.282 e. The molecule has 0 aliphatic carbocycles. The van der Waals surface area contributed by atoms with Gasteiger partial charge in [0, 0.05) is 12.8 Å². The lowest BCUT2D eigenvalue weighted by Crippen LogP contribution is -3.14. The van der Waals surface area contributed by atoms with Crippen LogP contribution in [0.3, 0.4) is 0 Å². The first-order valence-corrected chi connectivity index (χ1v) is 6.46. The molecular formula is C13H18ClN2O+. The Morgan fingerprint density at radius 3 is 2.65 bits per heavy atom. The van der Waals surface area contributed by atoms with Crippen molar-refractivity contribution in [3.8, 4) is 0 Å². The molecule has 0 spiro atoms. The molecule has 2 N–H and O–H groups in total. The van der Waals surface area contributed by atoms with E-state index in [1.54, 1.807) is 6.07 Å². The number of likely N-dealkylation sites (tertiary alicyclic amines) is 1. The molecule has 1 aliphatic rings. The highest BCUT2D eigenvalue weighted by molar-refractivity contribution is 6.33. The summed E-state index contributed by atoms with van der Waals surface area (Å²) in [6, 6.07) is 7.33. The van der Waals surface area contributed by atoms with E-state index in [9.17, 15) is 4.79 Å². The van der Waals surface area contributed by atoms with Crippen molar-refractivity contribution in [3.05, 3.63) is 29.3 Å². The van der Waals surface area contributed by atoms with Crippen LogP contribution in [-0.4, -0.2) is 25.0 Å². The Balaban J connectivity index is 1.99. The van der Waals surface area contributed by atoms with E-state index in [2.05, 4.69) is 5.32 Å². The molecule has 1 aliphatic heterocycles. The number of carbonyl (C=O) groups excluding carboxylic acids is 1. The lowest BCUT2D eigenvalue weighted by Gasteiger charge is -2.20. The molecule has 4 heteroatoms. The van der Waals surface area contributed by atoms with Crippen LogP contribution >= 0.6 is 11.6 Å². The number of hydrogen-bond donors (Lipinski definition) is 2. The van der Waals surface area contributed by atoms with Gasteiger partial charge < -0.3 is 10.2 Å². The number of halogens is 1. The maximum Gasteiger partial charge on any atom is 0.282 e. The van der Waals surface area contributed by atoms with Crippen molar-refractivity contribution in [3.63, 3.8) is 0 Å². The van der Waals surface area contributed by atoms with Gasteiger partial charge in [-0.2, -0.15) is 0 Å². The molecule has 0 saturated carbocycles. The summed E-state index contributed by atoms with van der Waals surface area (Å²) in [5, 5.41) is 3.48. The summed E-state index contributed by atoms with van der Waals surface area (Å²) in [6.07, 6.45) is 2.44. The zero-order valence-corrected chi connectivity index (χ0v) is 10.8. The Morgan fingerprint density at radius 1 is 1.35 bits per heavy atom. The van der Waals surface area contributed by atoms with E-state index < -0.39 is 0 Å². The molecule has 1 atom stereocenters. The van der Waals surface area contributed by atoms with Gasteiger partial charge in [-0.1, -0.05) is 23.7 Å². The van der Waals surface area contributed by atoms with E-state index in [4.69, 9.17) is 11.6 Å². The maximum atomic E-state index is 12.1. The van der Waals surface area contributed by atoms with Gasteiger partial charge in [0.15, 0.2) is 6.04 Å². The monoisotopic (exact) mass is 253 g/mol. The van der Waals surface area contributed by atoms with Gasteiger partial charge in [-0.05, 0) is 19.1 Å². The van der Waals surface area contributed by atoms with Gasteiger partial charge in [-0.25, -0.2) is 0 Å². The van der Waals surface area contributed by atoms with Crippen molar-refractivity contribution in [2.75, 3.05) is 18.4 Å². The molecule has 0 unspecified atom stereocenters. The van der Waals surface area contributed by atoms with Crippen molar-refractivity contribution < 1.29 is 9.69 Å². The summed E-state index contributed by atoms with van der Waals surface area (Å²) in [5.74, 6) is 0.0509. The number of carbonyl (C=O) groups is 1. The van der Waals surface area contributed by atoms with E-state index in [-0.39, 0.29) is 11.9 Å². The molecule has 92 valence electrons. The molecule has 0 radical (unpaired) electrons. The zero-order chi connectivity index (χ0) is 12.3. The van der Waals surface area contributed by atoms with Gasteiger partial charge >= 0.3 is 0 Å². The third-order valence-electron chi connectivity index (χ3n) is 3.38. The molecule has 0 aromatic heterocycles. The molecular weight excluding hydrogens is 236 g/mol. The van der Waals surface area contributed by atoms with Gasteiger partial charge in [0.1, 0.15) is 0 Å². The largest absolute Gasteiger partial charge is 0.325 e. The predicted octanol–water partition coefficient (Wildman–Crippen LogP) is 1.35. The number of quaternary nitrogens is 1. The highest BCUT2D eigenvalue weighted by Crippen LogP contribution is 2.20. The summed E-state index contributed by atoms with van der Waals surface area (Å²) < 4.78 is 0. The third kappa shape index (κ3) is 2.99. The SMILES string of the molecule is C[C@@H](C(=O)Nc1ccccc1Cl)[NH+]1CCCC1. The average molecular weight is 254 g/mol. The summed E-state index contributed by atoms with van der Waals surface area (Å²) >= 11 is 6.01. The molecule has 1 fully saturated rings. The number of rotatable bonds is 3. The quantitative estimate of drug-likeness (QED) is 0.838. The molecule has 1 aromatic rings. The average Bonchev–Trinajstić information content (AvgIpc) is 2.84. The van der Waals surface area contributed by atoms with Gasteiger partial charge in [0.25, 0.3) is 5.91 Å². The summed E-state index contributed by atoms with van der Waals surface area (Å²) in [6.45, 7) is 4.17. The van der Waals surface area contributed by atoms with Crippen LogP contribution in [0, 0.1) is 0 Å². The molecule has 1 amide bonds. The first-order chi connectivity index (χ1) is 8.18. The molecule has 17 heavy (non-hydrogen) atoms. The summed E-state index contributed by atoms with van der Waals surface area (Å²) in [4.78, 5) is 13.4. The first-order valence-electron chi connectivity index (χ1n) is 6.08. The Labute approximate surface area is 107 Å². The van der Waals surface area contributed by atoms with Crippen LogP contribution in [0.25, 0.3) is 0 Å². The van der Waals surface area contributed by atoms with E-state index in [0.717, 1.165) is 13.1 Å². The third-order valence-corrected chi connectivity index (χ3v) is 3.71. The highest BCUT2D eigenvalue weighted by Gasteiger charge is 2.27. The minimum atomic E-state index is -0.00577. The Morgan fingerprint density at radius 2 is 2.00 bits per heavy atom. The van der Waals surface area contributed by atoms with Gasteiger partial charge in [-0.15, -0.1) is 0 Å². The van der Waals surface area contributed by atoms with Crippen LogP contribution in [0.1, 0.15) is 19.8 Å². The van der Waals surface area contributed by atoms with Crippen LogP contribution < -0.4 is 10.2 Å². The number of amides is 1. The van der Waals surface area contributed by atoms with Crippen LogP contribution in [-0.2, 0) is 4.79 Å². The lowest BCUT2D eigenvalue weighted by molar-refractivity contribution is -0.901. The van der Waals surface area contributed by atoms with Gasteiger partial charge in [0.2, 0.25) is 0 Å². The number of benzene rings is 1. The van der Waals surface area contributed by atoms with Crippen molar-refractivity contribution >= 4 is 23.2 Å². The Kier molecular flexibility index (Phi) is 4.02. The normalized spacial score (nSPS) is 18.0. The fraction of sp³-hybridized carbons (Fsp3) is 0.462. The topological polar surface area (TPSA) is 33.5 Å². The van der Waals surface area contributed by atoms with E-state index >= 15 is 0 Å². The second-order valence-corrected chi connectivity index (χ2v) is 4.96. The van der Waals surface area contributed by atoms with Crippen LogP contribution in [0.2, 0.25) is 5.02 Å². The molecule has 0 bridgehead atoms. The zero-order valence-electron chi connectivity index (χ0n) is 10.0. The molecule has 2 rings (SSSR count). The van der Waals surface area contributed by atoms with Crippen LogP contribution in [0.15, 0.2) is 24.3 Å². The van der Waals surface area contributed by atoms with Crippen molar-refractivity contribution in [1.82, 2.24) is 0 Å². The number of para-hydroxylation sites is 1. The second kappa shape index (κ2) is 5.52. The van der Waals surface area contributed by atoms with Crippen molar-refractivity contribution in [1.29, 1.82) is 0 Å². The van der Waals surface area contributed by atoms with E-state index in [1.807, 2.05) is 25.1 Å². The molecule has 3 nitrogen and oxygen atoms in total. The van der Waals surface area contributed by atoms with E-state index in [1.165, 1.54) is 17.7 Å². The predicted molar refractivity (Wildman–Crippen MR) is 69.5 cm³/mol. The lowest BCUT2D eigenvalue weighted by atomic mass is 10.2. The van der Waals surface area contributed by atoms with E-state index in [0.29, 0.717) is 10.7 Å².